The lowest BCUT2D eigenvalue weighted by atomic mass is 10.1. The quantitative estimate of drug-likeness (QED) is 0.615. The molecule has 1 amide bonds. The van der Waals surface area contributed by atoms with Crippen LogP contribution in [0, 0.1) is 11.3 Å². The number of allylic oxidation sites excluding steroid dienone is 1. The number of nitrogens with one attached hydrogen (secondary N) is 1. The maximum Gasteiger partial charge on any atom is 0.416 e. The number of carbonyl (C=O) groups is 1. The number of nitriles is 1. The van der Waals surface area contributed by atoms with Gasteiger partial charge in [-0.05, 0) is 38.1 Å². The van der Waals surface area contributed by atoms with E-state index in [1.165, 1.54) is 0 Å². The molecule has 0 saturated heterocycles. The first kappa shape index (κ1) is 19.1. The van der Waals surface area contributed by atoms with E-state index in [-0.39, 0.29) is 0 Å². The maximum atomic E-state index is 11.9. The van der Waals surface area contributed by atoms with Crippen LogP contribution in [0.3, 0.4) is 0 Å². The summed E-state index contributed by atoms with van der Waals surface area (Å²) in [5.74, 6) is 1.04. The Balaban J connectivity index is 2.13. The Labute approximate surface area is 163 Å². The highest BCUT2D eigenvalue weighted by atomic mass is 16.6. The fourth-order valence-electron chi connectivity index (χ4n) is 3.24. The first-order chi connectivity index (χ1) is 13.5. The highest BCUT2D eigenvalue weighted by Crippen LogP contribution is 2.36. The topological polar surface area (TPSA) is 76.3 Å². The first-order valence-electron chi connectivity index (χ1n) is 8.83. The van der Waals surface area contributed by atoms with Gasteiger partial charge in [-0.2, -0.15) is 5.26 Å². The summed E-state index contributed by atoms with van der Waals surface area (Å²) < 4.78 is 12.4. The number of benzene rings is 2. The summed E-state index contributed by atoms with van der Waals surface area (Å²) in [6.45, 7) is 7.85. The predicted octanol–water partition coefficient (Wildman–Crippen LogP) is 5.29. The number of hydrogen-bond donors (Lipinski definition) is 1. The van der Waals surface area contributed by atoms with Crippen molar-refractivity contribution in [2.24, 2.45) is 0 Å². The molecule has 28 heavy (non-hydrogen) atoms. The van der Waals surface area contributed by atoms with Crippen molar-refractivity contribution >= 4 is 22.7 Å². The van der Waals surface area contributed by atoms with E-state index < -0.39 is 6.09 Å². The molecule has 3 rings (SSSR count). The van der Waals surface area contributed by atoms with E-state index in [1.807, 2.05) is 43.3 Å². The fraction of sp³-hybridized carbons (Fsp3) is 0.182. The number of ether oxygens (including phenoxy) is 2. The van der Waals surface area contributed by atoms with E-state index in [0.717, 1.165) is 27.9 Å². The van der Waals surface area contributed by atoms with Gasteiger partial charge in [-0.3, -0.25) is 5.32 Å². The molecule has 3 aromatic rings. The molecular weight excluding hydrogens is 354 g/mol. The summed E-state index contributed by atoms with van der Waals surface area (Å²) in [7, 11) is 1.62. The lowest BCUT2D eigenvalue weighted by molar-refractivity contribution is 0.192. The van der Waals surface area contributed by atoms with Crippen LogP contribution in [0.5, 0.6) is 5.75 Å². The number of methoxy groups -OCH3 is 1. The number of aromatic nitrogens is 1. The summed E-state index contributed by atoms with van der Waals surface area (Å²) >= 11 is 0. The highest BCUT2D eigenvalue weighted by molar-refractivity contribution is 5.96. The van der Waals surface area contributed by atoms with E-state index in [0.29, 0.717) is 23.6 Å². The Morgan fingerprint density at radius 3 is 2.71 bits per heavy atom. The highest BCUT2D eigenvalue weighted by Gasteiger charge is 2.19. The summed E-state index contributed by atoms with van der Waals surface area (Å²) in [5, 5.41) is 13.4. The van der Waals surface area contributed by atoms with Crippen LogP contribution in [0.4, 0.5) is 10.5 Å². The standard InChI is InChI=1S/C22H21N3O3/c1-5-25-20-12-17(27-4)9-10-18(20)19(13-23)21(25)15-7-6-8-16(11-15)24-22(26)28-14(2)3/h6-12H,2,5H2,1,3-4H3,(H,24,26). The molecule has 6 nitrogen and oxygen atoms in total. The Kier molecular flexibility index (Phi) is 5.37. The van der Waals surface area contributed by atoms with E-state index in [1.54, 1.807) is 20.1 Å². The number of amides is 1. The number of hydrogen-bond acceptors (Lipinski definition) is 4. The molecule has 0 radical (unpaired) electrons. The van der Waals surface area contributed by atoms with Gasteiger partial charge in [-0.15, -0.1) is 0 Å². The lowest BCUT2D eigenvalue weighted by Gasteiger charge is -2.11. The molecular formula is C22H21N3O3. The van der Waals surface area contributed by atoms with Crippen molar-refractivity contribution < 1.29 is 14.3 Å². The van der Waals surface area contributed by atoms with E-state index in [4.69, 9.17) is 9.47 Å². The number of aryl methyl sites for hydroxylation is 1. The third-order valence-electron chi connectivity index (χ3n) is 4.35. The Bertz CT molecular complexity index is 1110. The molecule has 0 spiro atoms. The monoisotopic (exact) mass is 375 g/mol. The first-order valence-corrected chi connectivity index (χ1v) is 8.83. The van der Waals surface area contributed by atoms with Gasteiger partial charge in [0.15, 0.2) is 0 Å². The third kappa shape index (κ3) is 3.55. The molecule has 0 atom stereocenters. The van der Waals surface area contributed by atoms with Gasteiger partial charge in [-0.25, -0.2) is 4.79 Å². The van der Waals surface area contributed by atoms with Gasteiger partial charge in [0, 0.05) is 29.2 Å². The normalized spacial score (nSPS) is 10.4. The second-order valence-electron chi connectivity index (χ2n) is 6.26. The predicted molar refractivity (Wildman–Crippen MR) is 109 cm³/mol. The second-order valence-corrected chi connectivity index (χ2v) is 6.26. The van der Waals surface area contributed by atoms with E-state index in [9.17, 15) is 10.1 Å². The van der Waals surface area contributed by atoms with Crippen molar-refractivity contribution in [3.63, 3.8) is 0 Å². The zero-order valence-corrected chi connectivity index (χ0v) is 16.1. The summed E-state index contributed by atoms with van der Waals surface area (Å²) in [6.07, 6.45) is -0.606. The SMILES string of the molecule is C=C(C)OC(=O)Nc1cccc(-c2c(C#N)c3ccc(OC)cc3n2CC)c1. The zero-order chi connectivity index (χ0) is 20.3. The van der Waals surface area contributed by atoms with Crippen LogP contribution >= 0.6 is 0 Å². The smallest absolute Gasteiger partial charge is 0.416 e. The zero-order valence-electron chi connectivity index (χ0n) is 16.1. The van der Waals surface area contributed by atoms with Crippen molar-refractivity contribution in [2.45, 2.75) is 20.4 Å². The van der Waals surface area contributed by atoms with Crippen LogP contribution in [0.2, 0.25) is 0 Å². The minimum atomic E-state index is -0.606. The van der Waals surface area contributed by atoms with Crippen LogP contribution in [-0.2, 0) is 11.3 Å². The number of rotatable bonds is 5. The van der Waals surface area contributed by atoms with Gasteiger partial charge in [-0.1, -0.05) is 18.7 Å². The Hall–Kier alpha value is -3.72. The van der Waals surface area contributed by atoms with Crippen molar-refractivity contribution in [3.05, 3.63) is 60.4 Å². The molecule has 0 fully saturated rings. The van der Waals surface area contributed by atoms with Crippen molar-refractivity contribution in [1.82, 2.24) is 4.57 Å². The molecule has 0 unspecified atom stereocenters. The minimum absolute atomic E-state index is 0.306. The van der Waals surface area contributed by atoms with Crippen molar-refractivity contribution in [1.29, 1.82) is 5.26 Å². The van der Waals surface area contributed by atoms with E-state index >= 15 is 0 Å². The van der Waals surface area contributed by atoms with Crippen LogP contribution in [0.1, 0.15) is 19.4 Å². The molecule has 0 aliphatic heterocycles. The number of fused-ring (bicyclic) bond motifs is 1. The molecule has 0 saturated carbocycles. The van der Waals surface area contributed by atoms with Gasteiger partial charge in [0.25, 0.3) is 0 Å². The van der Waals surface area contributed by atoms with Gasteiger partial charge >= 0.3 is 6.09 Å². The average molecular weight is 375 g/mol. The summed E-state index contributed by atoms with van der Waals surface area (Å²) in [6, 6.07) is 15.3. The van der Waals surface area contributed by atoms with Gasteiger partial charge in [0.1, 0.15) is 11.8 Å². The molecule has 1 N–H and O–H groups in total. The van der Waals surface area contributed by atoms with Crippen LogP contribution < -0.4 is 10.1 Å². The Morgan fingerprint density at radius 2 is 2.07 bits per heavy atom. The molecule has 0 aliphatic rings. The maximum absolute atomic E-state index is 11.9. The van der Waals surface area contributed by atoms with E-state index in [2.05, 4.69) is 22.5 Å². The summed E-state index contributed by atoms with van der Waals surface area (Å²) in [4.78, 5) is 11.9. The fourth-order valence-corrected chi connectivity index (χ4v) is 3.24. The summed E-state index contributed by atoms with van der Waals surface area (Å²) in [5.41, 5.74) is 3.69. The molecule has 0 aliphatic carbocycles. The number of carbonyl (C=O) groups excluding carboxylic acids is 1. The van der Waals surface area contributed by atoms with Crippen LogP contribution in [0.25, 0.3) is 22.2 Å². The minimum Gasteiger partial charge on any atom is -0.497 e. The molecule has 142 valence electrons. The van der Waals surface area contributed by atoms with Gasteiger partial charge in [0.05, 0.1) is 29.6 Å². The molecule has 1 heterocycles. The van der Waals surface area contributed by atoms with Crippen molar-refractivity contribution in [3.8, 4) is 23.1 Å². The van der Waals surface area contributed by atoms with Crippen LogP contribution in [0.15, 0.2) is 54.8 Å². The van der Waals surface area contributed by atoms with Gasteiger partial charge in [0.2, 0.25) is 0 Å². The largest absolute Gasteiger partial charge is 0.497 e. The lowest BCUT2D eigenvalue weighted by Crippen LogP contribution is -2.12. The molecule has 6 heteroatoms. The van der Waals surface area contributed by atoms with Crippen molar-refractivity contribution in [2.75, 3.05) is 12.4 Å². The van der Waals surface area contributed by atoms with Crippen LogP contribution in [-0.4, -0.2) is 17.8 Å². The Morgan fingerprint density at radius 1 is 1.29 bits per heavy atom. The molecule has 1 aromatic heterocycles. The molecule has 0 bridgehead atoms. The van der Waals surface area contributed by atoms with Gasteiger partial charge < -0.3 is 14.0 Å². The third-order valence-corrected chi connectivity index (χ3v) is 4.35. The average Bonchev–Trinajstić information content (AvgIpc) is 2.99. The molecule has 2 aromatic carbocycles. The number of anilines is 1. The number of nitrogens with zero attached hydrogens (tertiary/aromatic N) is 2. The second kappa shape index (κ2) is 7.89.